The number of nitro groups is 1. The van der Waals surface area contributed by atoms with Crippen LogP contribution in [0.25, 0.3) is 11.8 Å². The van der Waals surface area contributed by atoms with Crippen LogP contribution < -0.4 is 5.32 Å². The number of nitro benzene ring substituents is 1. The SMILES string of the molecule is O=C(NCCN1C(=O)S/C(=C\c2ccc(Cl)c([N+](=O)[O-])c2)C1=O)c1ccc(-n2cccn2)cc1. The number of carbonyl (C=O) groups excluding carboxylic acids is 3. The smallest absolute Gasteiger partial charge is 0.293 e. The van der Waals surface area contributed by atoms with Crippen LogP contribution in [0, 0.1) is 10.1 Å². The Balaban J connectivity index is 1.36. The van der Waals surface area contributed by atoms with Crippen LogP contribution >= 0.6 is 23.4 Å². The fourth-order valence-electron chi connectivity index (χ4n) is 3.17. The second-order valence-electron chi connectivity index (χ2n) is 7.05. The van der Waals surface area contributed by atoms with E-state index >= 15 is 0 Å². The van der Waals surface area contributed by atoms with Gasteiger partial charge in [-0.3, -0.25) is 29.4 Å². The van der Waals surface area contributed by atoms with Gasteiger partial charge in [0.2, 0.25) is 0 Å². The zero-order valence-corrected chi connectivity index (χ0v) is 19.0. The number of nitrogens with zero attached hydrogens (tertiary/aromatic N) is 4. The van der Waals surface area contributed by atoms with Crippen LogP contribution in [0.3, 0.4) is 0 Å². The van der Waals surface area contributed by atoms with Gasteiger partial charge in [-0.15, -0.1) is 0 Å². The number of hydrogen-bond donors (Lipinski definition) is 1. The maximum absolute atomic E-state index is 12.6. The first-order chi connectivity index (χ1) is 16.3. The number of thioether (sulfide) groups is 1. The lowest BCUT2D eigenvalue weighted by Gasteiger charge is -2.13. The molecule has 3 amide bonds. The molecule has 12 heteroatoms. The molecule has 34 heavy (non-hydrogen) atoms. The van der Waals surface area contributed by atoms with Gasteiger partial charge in [0.1, 0.15) is 5.02 Å². The lowest BCUT2D eigenvalue weighted by Crippen LogP contribution is -2.37. The highest BCUT2D eigenvalue weighted by molar-refractivity contribution is 8.18. The average Bonchev–Trinajstić information content (AvgIpc) is 3.45. The number of halogens is 1. The summed E-state index contributed by atoms with van der Waals surface area (Å²) >= 11 is 6.53. The molecule has 3 aromatic rings. The molecule has 0 atom stereocenters. The topological polar surface area (TPSA) is 127 Å². The zero-order valence-electron chi connectivity index (χ0n) is 17.4. The highest BCUT2D eigenvalue weighted by atomic mass is 35.5. The molecule has 0 saturated carbocycles. The predicted octanol–water partition coefficient (Wildman–Crippen LogP) is 3.90. The van der Waals surface area contributed by atoms with E-state index in [-0.39, 0.29) is 34.6 Å². The number of imide groups is 1. The molecule has 0 bridgehead atoms. The molecular weight excluding hydrogens is 482 g/mol. The Morgan fingerprint density at radius 2 is 1.97 bits per heavy atom. The van der Waals surface area contributed by atoms with Crippen molar-refractivity contribution in [1.29, 1.82) is 0 Å². The molecule has 1 saturated heterocycles. The highest BCUT2D eigenvalue weighted by Crippen LogP contribution is 2.33. The number of carbonyl (C=O) groups is 3. The molecule has 2 aromatic carbocycles. The van der Waals surface area contributed by atoms with Gasteiger partial charge < -0.3 is 5.32 Å². The highest BCUT2D eigenvalue weighted by Gasteiger charge is 2.34. The van der Waals surface area contributed by atoms with Crippen LogP contribution in [0.4, 0.5) is 10.5 Å². The van der Waals surface area contributed by atoms with Crippen LogP contribution in [0.1, 0.15) is 15.9 Å². The average molecular weight is 498 g/mol. The van der Waals surface area contributed by atoms with Crippen LogP contribution in [0.15, 0.2) is 65.8 Å². The summed E-state index contributed by atoms with van der Waals surface area (Å²) in [4.78, 5) is 48.9. The largest absolute Gasteiger partial charge is 0.350 e. The third-order valence-corrected chi connectivity index (χ3v) is 6.08. The van der Waals surface area contributed by atoms with E-state index in [0.29, 0.717) is 11.1 Å². The van der Waals surface area contributed by atoms with E-state index in [9.17, 15) is 24.5 Å². The summed E-state index contributed by atoms with van der Waals surface area (Å²) in [5.74, 6) is -0.881. The Bertz CT molecular complexity index is 1310. The van der Waals surface area contributed by atoms with Crippen molar-refractivity contribution >= 4 is 52.2 Å². The minimum absolute atomic E-state index is 0.0140. The van der Waals surface area contributed by atoms with Crippen LogP contribution in [0.5, 0.6) is 0 Å². The summed E-state index contributed by atoms with van der Waals surface area (Å²) < 4.78 is 1.66. The van der Waals surface area contributed by atoms with Gasteiger partial charge in [0, 0.05) is 37.1 Å². The fraction of sp³-hybridized carbons (Fsp3) is 0.0909. The summed E-state index contributed by atoms with van der Waals surface area (Å²) in [6, 6.07) is 12.7. The molecule has 10 nitrogen and oxygen atoms in total. The number of nitrogens with one attached hydrogen (secondary N) is 1. The van der Waals surface area contributed by atoms with Gasteiger partial charge in [0.05, 0.1) is 15.5 Å². The van der Waals surface area contributed by atoms with E-state index in [4.69, 9.17) is 11.6 Å². The van der Waals surface area contributed by atoms with Crippen molar-refractivity contribution < 1.29 is 19.3 Å². The molecule has 0 spiro atoms. The molecule has 2 heterocycles. The second-order valence-corrected chi connectivity index (χ2v) is 8.46. The van der Waals surface area contributed by atoms with Gasteiger partial charge in [-0.1, -0.05) is 17.7 Å². The maximum atomic E-state index is 12.6. The lowest BCUT2D eigenvalue weighted by molar-refractivity contribution is -0.384. The number of hydrogen-bond acceptors (Lipinski definition) is 7. The van der Waals surface area contributed by atoms with Crippen molar-refractivity contribution in [2.45, 2.75) is 0 Å². The van der Waals surface area contributed by atoms with E-state index < -0.39 is 16.1 Å². The number of benzene rings is 2. The molecular formula is C22H16ClN5O5S. The monoisotopic (exact) mass is 497 g/mol. The molecule has 4 rings (SSSR count). The van der Waals surface area contributed by atoms with E-state index in [2.05, 4.69) is 10.4 Å². The van der Waals surface area contributed by atoms with Gasteiger partial charge in [0.25, 0.3) is 22.7 Å². The summed E-state index contributed by atoms with van der Waals surface area (Å²) in [5.41, 5.74) is 1.30. The maximum Gasteiger partial charge on any atom is 0.293 e. The Labute approximate surface area is 202 Å². The van der Waals surface area contributed by atoms with Crippen molar-refractivity contribution in [3.05, 3.63) is 92.1 Å². The second kappa shape index (κ2) is 9.89. The van der Waals surface area contributed by atoms with Crippen molar-refractivity contribution in [2.75, 3.05) is 13.1 Å². The van der Waals surface area contributed by atoms with Gasteiger partial charge in [0.15, 0.2) is 0 Å². The summed E-state index contributed by atoms with van der Waals surface area (Å²) in [6.07, 6.45) is 4.84. The number of rotatable bonds is 7. The summed E-state index contributed by atoms with van der Waals surface area (Å²) in [6.45, 7) is 0.0529. The quantitative estimate of drug-likeness (QED) is 0.298. The Hall–Kier alpha value is -3.96. The van der Waals surface area contributed by atoms with E-state index in [1.165, 1.54) is 24.3 Å². The normalized spacial score (nSPS) is 14.6. The van der Waals surface area contributed by atoms with E-state index in [0.717, 1.165) is 22.3 Å². The van der Waals surface area contributed by atoms with Crippen LogP contribution in [0.2, 0.25) is 5.02 Å². The van der Waals surface area contributed by atoms with Gasteiger partial charge in [-0.2, -0.15) is 5.10 Å². The molecule has 1 fully saturated rings. The van der Waals surface area contributed by atoms with E-state index in [1.807, 2.05) is 0 Å². The summed E-state index contributed by atoms with van der Waals surface area (Å²) in [7, 11) is 0. The molecule has 0 unspecified atom stereocenters. The standard InChI is InChI=1S/C22H16ClN5O5S/c23-17-7-2-14(12-18(17)28(32)33)13-19-21(30)26(22(31)34-19)11-9-24-20(29)15-3-5-16(6-4-15)27-10-1-8-25-27/h1-8,10,12-13H,9,11H2,(H,24,29)/b19-13-. The minimum atomic E-state index is -0.626. The molecule has 0 aliphatic carbocycles. The molecule has 1 aromatic heterocycles. The fourth-order valence-corrected chi connectivity index (χ4v) is 4.23. The van der Waals surface area contributed by atoms with Gasteiger partial charge in [-0.05, 0) is 59.8 Å². The van der Waals surface area contributed by atoms with Crippen molar-refractivity contribution in [1.82, 2.24) is 20.0 Å². The molecule has 1 aliphatic rings. The van der Waals surface area contributed by atoms with Crippen molar-refractivity contribution in [3.63, 3.8) is 0 Å². The number of amides is 3. The predicted molar refractivity (Wildman–Crippen MR) is 127 cm³/mol. The third kappa shape index (κ3) is 5.00. The first-order valence-corrected chi connectivity index (χ1v) is 11.1. The van der Waals surface area contributed by atoms with E-state index in [1.54, 1.807) is 47.4 Å². The zero-order chi connectivity index (χ0) is 24.2. The van der Waals surface area contributed by atoms with Gasteiger partial charge in [-0.25, -0.2) is 4.68 Å². The first-order valence-electron chi connectivity index (χ1n) is 9.91. The number of aromatic nitrogens is 2. The molecule has 1 aliphatic heterocycles. The van der Waals surface area contributed by atoms with Crippen LogP contribution in [-0.4, -0.2) is 49.7 Å². The first kappa shape index (κ1) is 23.2. The molecule has 172 valence electrons. The molecule has 0 radical (unpaired) electrons. The van der Waals surface area contributed by atoms with Gasteiger partial charge >= 0.3 is 0 Å². The molecule has 1 N–H and O–H groups in total. The van der Waals surface area contributed by atoms with Crippen molar-refractivity contribution in [2.24, 2.45) is 0 Å². The lowest BCUT2D eigenvalue weighted by atomic mass is 10.2. The summed E-state index contributed by atoms with van der Waals surface area (Å²) in [5, 5.41) is 17.3. The van der Waals surface area contributed by atoms with Crippen molar-refractivity contribution in [3.8, 4) is 5.69 Å². The Kier molecular flexibility index (Phi) is 6.75. The third-order valence-electron chi connectivity index (χ3n) is 4.86. The Morgan fingerprint density at radius 1 is 1.21 bits per heavy atom. The van der Waals surface area contributed by atoms with Crippen LogP contribution in [-0.2, 0) is 4.79 Å². The minimum Gasteiger partial charge on any atom is -0.350 e. The Morgan fingerprint density at radius 3 is 2.65 bits per heavy atom.